The molecular weight excluding hydrogens is 374 g/mol. The van der Waals surface area contributed by atoms with Crippen molar-refractivity contribution >= 4 is 17.1 Å². The molecule has 7 heteroatoms. The van der Waals surface area contributed by atoms with Gasteiger partial charge >= 0.3 is 0 Å². The average molecular weight is 400 g/mol. The molecule has 0 bridgehead atoms. The first-order chi connectivity index (χ1) is 14.7. The van der Waals surface area contributed by atoms with Crippen molar-refractivity contribution in [1.29, 1.82) is 0 Å². The number of nitrogens with two attached hydrogens (primary N) is 1. The summed E-state index contributed by atoms with van der Waals surface area (Å²) in [7, 11) is 1.95. The van der Waals surface area contributed by atoms with E-state index >= 15 is 0 Å². The highest BCUT2D eigenvalue weighted by atomic mass is 15.1. The summed E-state index contributed by atoms with van der Waals surface area (Å²) in [5.74, 6) is 1.07. The quantitative estimate of drug-likeness (QED) is 0.564. The summed E-state index contributed by atoms with van der Waals surface area (Å²) in [4.78, 5) is 20.1. The molecule has 3 aromatic heterocycles. The zero-order valence-electron chi connectivity index (χ0n) is 17.1. The number of imidazole rings is 1. The highest BCUT2D eigenvalue weighted by molar-refractivity contribution is 5.84. The number of likely N-dealkylation sites (tertiary alicyclic amines) is 1. The first-order valence-corrected chi connectivity index (χ1v) is 10.4. The van der Waals surface area contributed by atoms with E-state index in [0.717, 1.165) is 40.2 Å². The number of pyridine rings is 1. The van der Waals surface area contributed by atoms with Gasteiger partial charge in [0.05, 0.1) is 6.20 Å². The number of anilines is 1. The van der Waals surface area contributed by atoms with E-state index in [-0.39, 0.29) is 5.95 Å². The minimum Gasteiger partial charge on any atom is -0.368 e. The summed E-state index contributed by atoms with van der Waals surface area (Å²) >= 11 is 0. The summed E-state index contributed by atoms with van der Waals surface area (Å²) in [5, 5.41) is 0. The van der Waals surface area contributed by atoms with Crippen LogP contribution in [-0.4, -0.2) is 42.5 Å². The van der Waals surface area contributed by atoms with Crippen molar-refractivity contribution in [3.8, 4) is 22.5 Å². The summed E-state index contributed by atoms with van der Waals surface area (Å²) in [6.07, 6.45) is 9.33. The molecule has 0 spiro atoms. The van der Waals surface area contributed by atoms with Crippen molar-refractivity contribution in [2.45, 2.75) is 25.8 Å². The van der Waals surface area contributed by atoms with Gasteiger partial charge < -0.3 is 10.3 Å². The minimum absolute atomic E-state index is 0.248. The van der Waals surface area contributed by atoms with Gasteiger partial charge in [0.1, 0.15) is 11.3 Å². The molecule has 7 nitrogen and oxygen atoms in total. The maximum absolute atomic E-state index is 5.78. The van der Waals surface area contributed by atoms with Gasteiger partial charge in [-0.1, -0.05) is 24.6 Å². The number of benzene rings is 1. The molecule has 1 saturated heterocycles. The van der Waals surface area contributed by atoms with Gasteiger partial charge in [-0.15, -0.1) is 0 Å². The average Bonchev–Trinajstić information content (AvgIpc) is 3.10. The third-order valence-electron chi connectivity index (χ3n) is 5.79. The first kappa shape index (κ1) is 18.7. The van der Waals surface area contributed by atoms with E-state index in [1.54, 1.807) is 12.4 Å². The Morgan fingerprint density at radius 2 is 1.87 bits per heavy atom. The van der Waals surface area contributed by atoms with Crippen molar-refractivity contribution in [2.75, 3.05) is 18.8 Å². The summed E-state index contributed by atoms with van der Waals surface area (Å²) in [5.41, 5.74) is 11.8. The van der Waals surface area contributed by atoms with Crippen LogP contribution < -0.4 is 5.73 Å². The third kappa shape index (κ3) is 3.52. The Morgan fingerprint density at radius 1 is 1.00 bits per heavy atom. The van der Waals surface area contributed by atoms with E-state index in [4.69, 9.17) is 10.7 Å². The molecule has 0 saturated carbocycles. The molecule has 0 amide bonds. The number of hydrogen-bond acceptors (Lipinski definition) is 6. The SMILES string of the molecule is Cn1c(-c2ccncc2-c2cccc(CN3CCCCC3)c2)nc2cnc(N)nc21. The molecule has 1 fully saturated rings. The standard InChI is InChI=1S/C23H25N7/c1-29-21(27-20-14-26-23(24)28-22(20)29)18-8-9-25-13-19(18)17-7-5-6-16(12-17)15-30-10-3-2-4-11-30/h5-9,12-14H,2-4,10-11,15H2,1H3,(H2,24,26,28). The molecule has 2 N–H and O–H groups in total. The molecular formula is C23H25N7. The zero-order valence-corrected chi connectivity index (χ0v) is 17.1. The topological polar surface area (TPSA) is 85.8 Å². The summed E-state index contributed by atoms with van der Waals surface area (Å²) < 4.78 is 1.96. The number of rotatable bonds is 4. The Hall–Kier alpha value is -3.32. The predicted octanol–water partition coefficient (Wildman–Crippen LogP) is 3.66. The van der Waals surface area contributed by atoms with Crippen molar-refractivity contribution in [2.24, 2.45) is 7.05 Å². The molecule has 1 aliphatic rings. The molecule has 30 heavy (non-hydrogen) atoms. The lowest BCUT2D eigenvalue weighted by atomic mass is 9.99. The fourth-order valence-corrected chi connectivity index (χ4v) is 4.27. The number of hydrogen-bond donors (Lipinski definition) is 1. The predicted molar refractivity (Wildman–Crippen MR) is 119 cm³/mol. The number of nitrogen functional groups attached to an aromatic ring is 1. The largest absolute Gasteiger partial charge is 0.368 e. The van der Waals surface area contributed by atoms with Crippen LogP contribution in [0.3, 0.4) is 0 Å². The summed E-state index contributed by atoms with van der Waals surface area (Å²) in [6.45, 7) is 3.36. The number of nitrogens with zero attached hydrogens (tertiary/aromatic N) is 6. The Balaban J connectivity index is 1.54. The molecule has 0 unspecified atom stereocenters. The van der Waals surface area contributed by atoms with Gasteiger partial charge in [0, 0.05) is 37.1 Å². The van der Waals surface area contributed by atoms with E-state index in [9.17, 15) is 0 Å². The molecule has 4 aromatic rings. The Bertz CT molecular complexity index is 1190. The Labute approximate surface area is 175 Å². The number of fused-ring (bicyclic) bond motifs is 1. The number of aryl methyl sites for hydroxylation is 1. The highest BCUT2D eigenvalue weighted by Gasteiger charge is 2.17. The third-order valence-corrected chi connectivity index (χ3v) is 5.79. The second kappa shape index (κ2) is 7.84. The molecule has 0 aliphatic carbocycles. The van der Waals surface area contributed by atoms with Gasteiger partial charge in [0.2, 0.25) is 5.95 Å². The maximum Gasteiger partial charge on any atom is 0.222 e. The van der Waals surface area contributed by atoms with Crippen LogP contribution in [0.2, 0.25) is 0 Å². The molecule has 152 valence electrons. The monoisotopic (exact) mass is 399 g/mol. The fraction of sp³-hybridized carbons (Fsp3) is 0.304. The molecule has 5 rings (SSSR count). The normalized spacial score (nSPS) is 15.0. The fourth-order valence-electron chi connectivity index (χ4n) is 4.27. The molecule has 1 aliphatic heterocycles. The molecule has 1 aromatic carbocycles. The van der Waals surface area contributed by atoms with E-state index in [0.29, 0.717) is 0 Å². The van der Waals surface area contributed by atoms with E-state index in [2.05, 4.69) is 44.1 Å². The maximum atomic E-state index is 5.78. The van der Waals surface area contributed by atoms with Crippen LogP contribution in [0.4, 0.5) is 5.95 Å². The lowest BCUT2D eigenvalue weighted by Gasteiger charge is -2.26. The smallest absolute Gasteiger partial charge is 0.222 e. The van der Waals surface area contributed by atoms with Crippen molar-refractivity contribution in [3.63, 3.8) is 0 Å². The van der Waals surface area contributed by atoms with E-state index in [1.807, 2.05) is 23.9 Å². The Morgan fingerprint density at radius 3 is 2.73 bits per heavy atom. The lowest BCUT2D eigenvalue weighted by molar-refractivity contribution is 0.221. The summed E-state index contributed by atoms with van der Waals surface area (Å²) in [6, 6.07) is 10.8. The van der Waals surface area contributed by atoms with Gasteiger partial charge in [-0.3, -0.25) is 9.88 Å². The van der Waals surface area contributed by atoms with E-state index < -0.39 is 0 Å². The minimum atomic E-state index is 0.248. The van der Waals surface area contributed by atoms with Crippen LogP contribution in [0, 0.1) is 0 Å². The van der Waals surface area contributed by atoms with Crippen LogP contribution >= 0.6 is 0 Å². The molecule has 4 heterocycles. The van der Waals surface area contributed by atoms with Gasteiger partial charge in [-0.25, -0.2) is 9.97 Å². The Kier molecular flexibility index (Phi) is 4.88. The van der Waals surface area contributed by atoms with Gasteiger partial charge in [0.25, 0.3) is 0 Å². The van der Waals surface area contributed by atoms with Crippen LogP contribution in [0.25, 0.3) is 33.7 Å². The number of piperidine rings is 1. The van der Waals surface area contributed by atoms with Crippen LogP contribution in [0.5, 0.6) is 0 Å². The lowest BCUT2D eigenvalue weighted by Crippen LogP contribution is -2.29. The van der Waals surface area contributed by atoms with Crippen LogP contribution in [0.1, 0.15) is 24.8 Å². The van der Waals surface area contributed by atoms with E-state index in [1.165, 1.54) is 37.9 Å². The van der Waals surface area contributed by atoms with Gasteiger partial charge in [-0.2, -0.15) is 4.98 Å². The number of aromatic nitrogens is 5. The van der Waals surface area contributed by atoms with Crippen LogP contribution in [-0.2, 0) is 13.6 Å². The first-order valence-electron chi connectivity index (χ1n) is 10.4. The second-order valence-electron chi connectivity index (χ2n) is 7.89. The van der Waals surface area contributed by atoms with Gasteiger partial charge in [-0.05, 0) is 49.2 Å². The van der Waals surface area contributed by atoms with Crippen molar-refractivity contribution in [1.82, 2.24) is 29.4 Å². The van der Waals surface area contributed by atoms with Crippen molar-refractivity contribution < 1.29 is 0 Å². The second-order valence-corrected chi connectivity index (χ2v) is 7.89. The zero-order chi connectivity index (χ0) is 20.5. The van der Waals surface area contributed by atoms with Crippen LogP contribution in [0.15, 0.2) is 48.9 Å². The molecule has 0 radical (unpaired) electrons. The highest BCUT2D eigenvalue weighted by Crippen LogP contribution is 2.32. The van der Waals surface area contributed by atoms with Gasteiger partial charge in [0.15, 0.2) is 5.65 Å². The molecule has 0 atom stereocenters. The van der Waals surface area contributed by atoms with Crippen molar-refractivity contribution in [3.05, 3.63) is 54.5 Å².